The summed E-state index contributed by atoms with van der Waals surface area (Å²) in [6.07, 6.45) is -0.996. The number of benzene rings is 3. The number of carbonyl (C=O) groups is 3. The van der Waals surface area contributed by atoms with Gasteiger partial charge < -0.3 is 14.8 Å². The second kappa shape index (κ2) is 10.2. The van der Waals surface area contributed by atoms with Crippen LogP contribution in [0.5, 0.6) is 5.75 Å². The van der Waals surface area contributed by atoms with Crippen molar-refractivity contribution in [1.29, 1.82) is 0 Å². The number of ether oxygens (including phenoxy) is 2. The molecule has 1 amide bonds. The van der Waals surface area contributed by atoms with Crippen molar-refractivity contribution < 1.29 is 23.9 Å². The fraction of sp³-hybridized carbons (Fsp3) is 0.160. The molecule has 0 saturated carbocycles. The Kier molecular flexibility index (Phi) is 7.17. The number of carbonyl (C=O) groups excluding carboxylic acids is 3. The number of esters is 1. The summed E-state index contributed by atoms with van der Waals surface area (Å²) in [5.41, 5.74) is 1.85. The summed E-state index contributed by atoms with van der Waals surface area (Å²) in [6, 6.07) is 21.9. The molecule has 0 radical (unpaired) electrons. The van der Waals surface area contributed by atoms with E-state index in [4.69, 9.17) is 9.47 Å². The van der Waals surface area contributed by atoms with Gasteiger partial charge in [-0.1, -0.05) is 42.5 Å². The summed E-state index contributed by atoms with van der Waals surface area (Å²) < 4.78 is 10.6. The number of amides is 1. The van der Waals surface area contributed by atoms with Crippen molar-refractivity contribution >= 4 is 23.3 Å². The normalized spacial score (nSPS) is 11.3. The van der Waals surface area contributed by atoms with Crippen molar-refractivity contribution in [3.8, 4) is 5.75 Å². The molecule has 0 aliphatic rings. The van der Waals surface area contributed by atoms with Crippen LogP contribution in [0.4, 0.5) is 5.69 Å². The molecule has 0 aromatic heterocycles. The predicted octanol–water partition coefficient (Wildman–Crippen LogP) is 4.50. The molecule has 3 rings (SSSR count). The molecule has 3 aromatic rings. The highest BCUT2D eigenvalue weighted by Crippen LogP contribution is 2.17. The zero-order chi connectivity index (χ0) is 22.2. The van der Waals surface area contributed by atoms with Gasteiger partial charge in [0.2, 0.25) is 0 Å². The van der Waals surface area contributed by atoms with E-state index >= 15 is 0 Å². The van der Waals surface area contributed by atoms with Crippen LogP contribution < -0.4 is 10.1 Å². The van der Waals surface area contributed by atoms with E-state index in [-0.39, 0.29) is 11.3 Å². The number of ketones is 1. The molecule has 1 N–H and O–H groups in total. The third-order valence-electron chi connectivity index (χ3n) is 4.50. The SMILES string of the molecule is CCOc1ccc(NC(=O)[C@@H](C)OC(=O)c2ccc(C(=O)c3ccccc3)cc2)cc1. The highest BCUT2D eigenvalue weighted by Gasteiger charge is 2.19. The summed E-state index contributed by atoms with van der Waals surface area (Å²) in [5.74, 6) is -0.528. The summed E-state index contributed by atoms with van der Waals surface area (Å²) in [4.78, 5) is 37.2. The van der Waals surface area contributed by atoms with Gasteiger partial charge in [0.1, 0.15) is 5.75 Å². The fourth-order valence-electron chi connectivity index (χ4n) is 2.84. The van der Waals surface area contributed by atoms with Crippen molar-refractivity contribution in [1.82, 2.24) is 0 Å². The van der Waals surface area contributed by atoms with Crippen LogP contribution in [0.15, 0.2) is 78.9 Å². The molecule has 0 fully saturated rings. The molecule has 0 aliphatic carbocycles. The van der Waals surface area contributed by atoms with E-state index in [2.05, 4.69) is 5.32 Å². The number of hydrogen-bond donors (Lipinski definition) is 1. The van der Waals surface area contributed by atoms with Crippen LogP contribution >= 0.6 is 0 Å². The van der Waals surface area contributed by atoms with Crippen LogP contribution in [0.3, 0.4) is 0 Å². The highest BCUT2D eigenvalue weighted by atomic mass is 16.5. The van der Waals surface area contributed by atoms with Gasteiger partial charge in [0.25, 0.3) is 5.91 Å². The highest BCUT2D eigenvalue weighted by molar-refractivity contribution is 6.09. The molecule has 158 valence electrons. The van der Waals surface area contributed by atoms with E-state index in [1.807, 2.05) is 13.0 Å². The number of hydrogen-bond acceptors (Lipinski definition) is 5. The minimum Gasteiger partial charge on any atom is -0.494 e. The molecular formula is C25H23NO5. The Labute approximate surface area is 180 Å². The van der Waals surface area contributed by atoms with Crippen molar-refractivity contribution in [3.63, 3.8) is 0 Å². The van der Waals surface area contributed by atoms with Crippen LogP contribution in [0.25, 0.3) is 0 Å². The monoisotopic (exact) mass is 417 g/mol. The Hall–Kier alpha value is -3.93. The molecule has 0 saturated heterocycles. The molecule has 6 nitrogen and oxygen atoms in total. The molecule has 0 unspecified atom stereocenters. The van der Waals surface area contributed by atoms with E-state index in [0.29, 0.717) is 29.2 Å². The Morgan fingerprint density at radius 2 is 1.39 bits per heavy atom. The Balaban J connectivity index is 1.57. The maximum absolute atomic E-state index is 12.4. The zero-order valence-corrected chi connectivity index (χ0v) is 17.3. The molecule has 0 bridgehead atoms. The third kappa shape index (κ3) is 5.79. The first kappa shape index (κ1) is 21.8. The van der Waals surface area contributed by atoms with Crippen LogP contribution in [0, 0.1) is 0 Å². The lowest BCUT2D eigenvalue weighted by Gasteiger charge is -2.14. The lowest BCUT2D eigenvalue weighted by molar-refractivity contribution is -0.123. The third-order valence-corrected chi connectivity index (χ3v) is 4.50. The smallest absolute Gasteiger partial charge is 0.338 e. The first-order valence-electron chi connectivity index (χ1n) is 9.92. The number of rotatable bonds is 8. The van der Waals surface area contributed by atoms with Gasteiger partial charge in [0, 0.05) is 16.8 Å². The van der Waals surface area contributed by atoms with Crippen LogP contribution in [-0.2, 0) is 9.53 Å². The molecular weight excluding hydrogens is 394 g/mol. The van der Waals surface area contributed by atoms with Crippen molar-refractivity contribution in [2.75, 3.05) is 11.9 Å². The van der Waals surface area contributed by atoms with Crippen LogP contribution in [-0.4, -0.2) is 30.4 Å². The zero-order valence-electron chi connectivity index (χ0n) is 17.3. The minimum atomic E-state index is -0.996. The molecule has 0 aliphatic heterocycles. The Morgan fingerprint density at radius 3 is 2.00 bits per heavy atom. The number of anilines is 1. The second-order valence-electron chi connectivity index (χ2n) is 6.77. The van der Waals surface area contributed by atoms with E-state index in [9.17, 15) is 14.4 Å². The topological polar surface area (TPSA) is 81.7 Å². The molecule has 31 heavy (non-hydrogen) atoms. The fourth-order valence-corrected chi connectivity index (χ4v) is 2.84. The Morgan fingerprint density at radius 1 is 0.806 bits per heavy atom. The standard InChI is InChI=1S/C25H23NO5/c1-3-30-22-15-13-21(14-16-22)26-24(28)17(2)31-25(29)20-11-9-19(10-12-20)23(27)18-7-5-4-6-8-18/h4-17H,3H2,1-2H3,(H,26,28)/t17-/m1/s1. The quantitative estimate of drug-likeness (QED) is 0.431. The maximum Gasteiger partial charge on any atom is 0.338 e. The van der Waals surface area contributed by atoms with Crippen LogP contribution in [0.1, 0.15) is 40.1 Å². The molecule has 1 atom stereocenters. The molecule has 0 spiro atoms. The molecule has 6 heteroatoms. The Bertz CT molecular complexity index is 1040. The largest absolute Gasteiger partial charge is 0.494 e. The lowest BCUT2D eigenvalue weighted by atomic mass is 10.0. The average Bonchev–Trinajstić information content (AvgIpc) is 2.80. The average molecular weight is 417 g/mol. The summed E-state index contributed by atoms with van der Waals surface area (Å²) in [5, 5.41) is 2.69. The predicted molar refractivity (Wildman–Crippen MR) is 117 cm³/mol. The van der Waals surface area contributed by atoms with Gasteiger partial charge in [-0.15, -0.1) is 0 Å². The van der Waals surface area contributed by atoms with E-state index < -0.39 is 18.0 Å². The first-order chi connectivity index (χ1) is 15.0. The van der Waals surface area contributed by atoms with Crippen molar-refractivity contribution in [2.24, 2.45) is 0 Å². The summed E-state index contributed by atoms with van der Waals surface area (Å²) in [6.45, 7) is 3.94. The second-order valence-corrected chi connectivity index (χ2v) is 6.77. The minimum absolute atomic E-state index is 0.136. The van der Waals surface area contributed by atoms with Gasteiger partial charge in [0.05, 0.1) is 12.2 Å². The van der Waals surface area contributed by atoms with Gasteiger partial charge in [0.15, 0.2) is 11.9 Å². The van der Waals surface area contributed by atoms with Crippen LogP contribution in [0.2, 0.25) is 0 Å². The van der Waals surface area contributed by atoms with E-state index in [1.165, 1.54) is 19.1 Å². The first-order valence-corrected chi connectivity index (χ1v) is 9.92. The van der Waals surface area contributed by atoms with Crippen molar-refractivity contribution in [3.05, 3.63) is 95.6 Å². The number of nitrogens with one attached hydrogen (secondary N) is 1. The summed E-state index contributed by atoms with van der Waals surface area (Å²) >= 11 is 0. The van der Waals surface area contributed by atoms with Gasteiger partial charge >= 0.3 is 5.97 Å². The maximum atomic E-state index is 12.4. The van der Waals surface area contributed by atoms with E-state index in [1.54, 1.807) is 60.7 Å². The van der Waals surface area contributed by atoms with Gasteiger partial charge in [-0.2, -0.15) is 0 Å². The van der Waals surface area contributed by atoms with Crippen molar-refractivity contribution in [2.45, 2.75) is 20.0 Å². The van der Waals surface area contributed by atoms with Gasteiger partial charge in [-0.25, -0.2) is 4.79 Å². The van der Waals surface area contributed by atoms with E-state index in [0.717, 1.165) is 0 Å². The van der Waals surface area contributed by atoms with Gasteiger partial charge in [-0.05, 0) is 50.2 Å². The van der Waals surface area contributed by atoms with Gasteiger partial charge in [-0.3, -0.25) is 9.59 Å². The molecule has 0 heterocycles. The summed E-state index contributed by atoms with van der Waals surface area (Å²) in [7, 11) is 0. The lowest BCUT2D eigenvalue weighted by Crippen LogP contribution is -2.30. The molecule has 3 aromatic carbocycles.